The second-order valence-electron chi connectivity index (χ2n) is 5.28. The minimum Gasteiger partial charge on any atom is -0.454 e. The Labute approximate surface area is 155 Å². The number of amides is 1. The first-order valence-corrected chi connectivity index (χ1v) is 8.98. The summed E-state index contributed by atoms with van der Waals surface area (Å²) in [5.74, 6) is 3.64. The molecule has 0 spiro atoms. The number of ether oxygens (including phenoxy) is 2. The molecule has 0 unspecified atom stereocenters. The van der Waals surface area contributed by atoms with Gasteiger partial charge in [0, 0.05) is 22.2 Å². The van der Waals surface area contributed by atoms with Crippen LogP contribution in [0.15, 0.2) is 45.9 Å². The Kier molecular flexibility index (Phi) is 4.07. The fraction of sp³-hybridized carbons (Fsp3) is 0.111. The van der Waals surface area contributed by atoms with Crippen LogP contribution in [-0.2, 0) is 6.54 Å². The zero-order valence-corrected chi connectivity index (χ0v) is 15.3. The van der Waals surface area contributed by atoms with Gasteiger partial charge in [-0.25, -0.2) is 0 Å². The van der Waals surface area contributed by atoms with Crippen molar-refractivity contribution in [3.05, 3.63) is 51.2 Å². The predicted octanol–water partition coefficient (Wildman–Crippen LogP) is 3.57. The van der Waals surface area contributed by atoms with Gasteiger partial charge in [-0.2, -0.15) is 4.99 Å². The molecule has 0 N–H and O–H groups in total. The number of aromatic nitrogens is 1. The van der Waals surface area contributed by atoms with Crippen LogP contribution in [-0.4, -0.2) is 17.3 Å². The van der Waals surface area contributed by atoms with E-state index in [9.17, 15) is 4.79 Å². The molecule has 1 aromatic heterocycles. The molecule has 0 radical (unpaired) electrons. The lowest BCUT2D eigenvalue weighted by atomic mass is 10.2. The molecule has 0 saturated carbocycles. The summed E-state index contributed by atoms with van der Waals surface area (Å²) in [4.78, 5) is 17.3. The standard InChI is InChI=1S/C18H11BrN2O3S/c1-2-6-21-13-8-14-15(24-10-23-14)9-16(13)25-18(21)20-17(22)11-4-3-5-12(19)7-11/h1,3-5,7-9H,6,10H2. The van der Waals surface area contributed by atoms with Crippen molar-refractivity contribution in [2.75, 3.05) is 6.79 Å². The van der Waals surface area contributed by atoms with E-state index in [0.717, 1.165) is 14.7 Å². The summed E-state index contributed by atoms with van der Waals surface area (Å²) in [6.45, 7) is 0.518. The molecule has 0 fully saturated rings. The first-order valence-electron chi connectivity index (χ1n) is 7.37. The van der Waals surface area contributed by atoms with E-state index in [-0.39, 0.29) is 12.7 Å². The van der Waals surface area contributed by atoms with E-state index in [1.807, 2.05) is 22.8 Å². The molecule has 7 heteroatoms. The minimum atomic E-state index is -0.321. The highest BCUT2D eigenvalue weighted by Crippen LogP contribution is 2.36. The molecule has 3 aromatic rings. The average Bonchev–Trinajstić information content (AvgIpc) is 3.18. The van der Waals surface area contributed by atoms with Crippen LogP contribution in [0.2, 0.25) is 0 Å². The van der Waals surface area contributed by atoms with E-state index >= 15 is 0 Å². The third-order valence-corrected chi connectivity index (χ3v) is 5.23. The number of thiazole rings is 1. The van der Waals surface area contributed by atoms with E-state index in [4.69, 9.17) is 15.9 Å². The number of carbonyl (C=O) groups is 1. The van der Waals surface area contributed by atoms with Gasteiger partial charge in [-0.05, 0) is 18.2 Å². The lowest BCUT2D eigenvalue weighted by Gasteiger charge is -2.01. The Balaban J connectivity index is 1.87. The summed E-state index contributed by atoms with van der Waals surface area (Å²) in [5, 5.41) is 0. The highest BCUT2D eigenvalue weighted by Gasteiger charge is 2.18. The minimum absolute atomic E-state index is 0.209. The normalized spacial score (nSPS) is 13.2. The maximum atomic E-state index is 12.5. The van der Waals surface area contributed by atoms with Crippen LogP contribution in [0.1, 0.15) is 10.4 Å². The number of rotatable bonds is 2. The second-order valence-corrected chi connectivity index (χ2v) is 7.20. The Bertz CT molecular complexity index is 1110. The lowest BCUT2D eigenvalue weighted by Crippen LogP contribution is -2.16. The highest BCUT2D eigenvalue weighted by molar-refractivity contribution is 9.10. The number of halogens is 1. The molecule has 2 aromatic carbocycles. The van der Waals surface area contributed by atoms with Crippen molar-refractivity contribution in [3.8, 4) is 23.8 Å². The third-order valence-electron chi connectivity index (χ3n) is 3.70. The van der Waals surface area contributed by atoms with Crippen LogP contribution in [0.25, 0.3) is 10.2 Å². The smallest absolute Gasteiger partial charge is 0.279 e. The molecule has 5 nitrogen and oxygen atoms in total. The number of hydrogen-bond donors (Lipinski definition) is 0. The maximum Gasteiger partial charge on any atom is 0.279 e. The number of fused-ring (bicyclic) bond motifs is 2. The number of benzene rings is 2. The van der Waals surface area contributed by atoms with Gasteiger partial charge in [0.25, 0.3) is 5.91 Å². The van der Waals surface area contributed by atoms with E-state index in [2.05, 4.69) is 26.8 Å². The zero-order valence-electron chi connectivity index (χ0n) is 12.9. The fourth-order valence-corrected chi connectivity index (χ4v) is 4.00. The third kappa shape index (κ3) is 2.95. The van der Waals surface area contributed by atoms with Crippen molar-refractivity contribution in [2.45, 2.75) is 6.54 Å². The van der Waals surface area contributed by atoms with E-state index in [1.54, 1.807) is 18.2 Å². The summed E-state index contributed by atoms with van der Waals surface area (Å²) in [5.41, 5.74) is 1.38. The summed E-state index contributed by atoms with van der Waals surface area (Å²) >= 11 is 4.75. The molecule has 0 saturated heterocycles. The van der Waals surface area contributed by atoms with Crippen LogP contribution >= 0.6 is 27.3 Å². The summed E-state index contributed by atoms with van der Waals surface area (Å²) in [6, 6.07) is 10.9. The van der Waals surface area contributed by atoms with Gasteiger partial charge >= 0.3 is 0 Å². The molecule has 0 bridgehead atoms. The van der Waals surface area contributed by atoms with Gasteiger partial charge < -0.3 is 14.0 Å². The molecule has 0 aliphatic carbocycles. The molecular formula is C18H11BrN2O3S. The quantitative estimate of drug-likeness (QED) is 0.602. The van der Waals surface area contributed by atoms with Crippen LogP contribution in [0.3, 0.4) is 0 Å². The van der Waals surface area contributed by atoms with Gasteiger partial charge in [0.2, 0.25) is 6.79 Å². The van der Waals surface area contributed by atoms with E-state index in [0.29, 0.717) is 28.4 Å². The zero-order chi connectivity index (χ0) is 17.4. The number of terminal acetylenes is 1. The van der Waals surface area contributed by atoms with Crippen LogP contribution in [0.4, 0.5) is 0 Å². The summed E-state index contributed by atoms with van der Waals surface area (Å²) in [6.07, 6.45) is 5.50. The van der Waals surface area contributed by atoms with Crippen molar-refractivity contribution < 1.29 is 14.3 Å². The number of hydrogen-bond acceptors (Lipinski definition) is 4. The number of carbonyl (C=O) groups excluding carboxylic acids is 1. The molecular weight excluding hydrogens is 404 g/mol. The molecule has 1 amide bonds. The van der Waals surface area contributed by atoms with Gasteiger partial charge in [0.05, 0.1) is 16.8 Å². The van der Waals surface area contributed by atoms with Gasteiger partial charge in [-0.3, -0.25) is 4.79 Å². The Morgan fingerprint density at radius 1 is 1.32 bits per heavy atom. The lowest BCUT2D eigenvalue weighted by molar-refractivity contribution is 0.0998. The first kappa shape index (κ1) is 15.9. The number of nitrogens with zero attached hydrogens (tertiary/aromatic N) is 2. The monoisotopic (exact) mass is 414 g/mol. The van der Waals surface area contributed by atoms with Gasteiger partial charge in [0.1, 0.15) is 0 Å². The molecule has 0 atom stereocenters. The molecule has 2 heterocycles. The van der Waals surface area contributed by atoms with Gasteiger partial charge in [-0.15, -0.1) is 6.42 Å². The van der Waals surface area contributed by atoms with Crippen molar-refractivity contribution in [1.82, 2.24) is 4.57 Å². The molecule has 25 heavy (non-hydrogen) atoms. The topological polar surface area (TPSA) is 52.8 Å². The summed E-state index contributed by atoms with van der Waals surface area (Å²) < 4.78 is 14.4. The second kappa shape index (κ2) is 6.39. The summed E-state index contributed by atoms with van der Waals surface area (Å²) in [7, 11) is 0. The highest BCUT2D eigenvalue weighted by atomic mass is 79.9. The van der Waals surface area contributed by atoms with Crippen LogP contribution < -0.4 is 14.3 Å². The van der Waals surface area contributed by atoms with Crippen molar-refractivity contribution >= 4 is 43.4 Å². The van der Waals surface area contributed by atoms with Crippen molar-refractivity contribution in [2.24, 2.45) is 4.99 Å². The molecule has 124 valence electrons. The molecule has 4 rings (SSSR count). The van der Waals surface area contributed by atoms with E-state index < -0.39 is 0 Å². The first-order chi connectivity index (χ1) is 12.2. The molecule has 1 aliphatic rings. The SMILES string of the molecule is C#CCn1c(=NC(=O)c2cccc(Br)c2)sc2cc3c(cc21)OCO3. The van der Waals surface area contributed by atoms with E-state index in [1.165, 1.54) is 11.3 Å². The Hall–Kier alpha value is -2.56. The van der Waals surface area contributed by atoms with Crippen LogP contribution in [0.5, 0.6) is 11.5 Å². The Morgan fingerprint density at radius 3 is 2.88 bits per heavy atom. The predicted molar refractivity (Wildman–Crippen MR) is 98.8 cm³/mol. The molecule has 1 aliphatic heterocycles. The van der Waals surface area contributed by atoms with Gasteiger partial charge in [-0.1, -0.05) is 39.3 Å². The van der Waals surface area contributed by atoms with Crippen molar-refractivity contribution in [3.63, 3.8) is 0 Å². The van der Waals surface area contributed by atoms with Gasteiger partial charge in [0.15, 0.2) is 16.3 Å². The Morgan fingerprint density at radius 2 is 2.12 bits per heavy atom. The van der Waals surface area contributed by atoms with Crippen molar-refractivity contribution in [1.29, 1.82) is 0 Å². The maximum absolute atomic E-state index is 12.5. The van der Waals surface area contributed by atoms with Crippen LogP contribution in [0, 0.1) is 12.3 Å². The fourth-order valence-electron chi connectivity index (χ4n) is 2.56. The largest absolute Gasteiger partial charge is 0.454 e. The average molecular weight is 415 g/mol.